The Morgan fingerprint density at radius 3 is 1.81 bits per heavy atom. The van der Waals surface area contributed by atoms with Crippen molar-refractivity contribution in [3.05, 3.63) is 30.6 Å². The highest BCUT2D eigenvalue weighted by Crippen LogP contribution is 2.11. The van der Waals surface area contributed by atoms with Crippen LogP contribution in [0.5, 0.6) is 0 Å². The van der Waals surface area contributed by atoms with Gasteiger partial charge in [-0.05, 0) is 24.5 Å². The first-order valence-electron chi connectivity index (χ1n) is 7.72. The molecular weight excluding hydrogens is 286 g/mol. The van der Waals surface area contributed by atoms with Crippen molar-refractivity contribution < 1.29 is 13.0 Å². The fourth-order valence-electron chi connectivity index (χ4n) is 1.86. The van der Waals surface area contributed by atoms with Gasteiger partial charge in [-0.2, -0.15) is 8.42 Å². The molecule has 0 amide bonds. The van der Waals surface area contributed by atoms with E-state index >= 15 is 0 Å². The molecule has 0 aromatic carbocycles. The standard InChI is InChI=1S/C11H24O3S.C5H5N/c1-11(2)9-7-5-3-4-6-8-10-15(12,13)14;1-2-4-6-5-3-1/h11H,3-10H2,1-2H3,(H,12,13,14);1-5H. The zero-order valence-corrected chi connectivity index (χ0v) is 14.1. The molecule has 5 heteroatoms. The van der Waals surface area contributed by atoms with Gasteiger partial charge in [0, 0.05) is 12.4 Å². The summed E-state index contributed by atoms with van der Waals surface area (Å²) in [5.41, 5.74) is 0. The summed E-state index contributed by atoms with van der Waals surface area (Å²) in [5.74, 6) is 0.698. The Balaban J connectivity index is 0.000000547. The number of pyridine rings is 1. The average Bonchev–Trinajstić information content (AvgIpc) is 2.43. The number of rotatable bonds is 9. The van der Waals surface area contributed by atoms with E-state index in [1.54, 1.807) is 12.4 Å². The van der Waals surface area contributed by atoms with Crippen LogP contribution in [0.4, 0.5) is 0 Å². The fourth-order valence-corrected chi connectivity index (χ4v) is 2.43. The molecule has 1 heterocycles. The second-order valence-corrected chi connectivity index (χ2v) is 7.19. The van der Waals surface area contributed by atoms with Crippen LogP contribution in [0.25, 0.3) is 0 Å². The maximum atomic E-state index is 10.4. The molecule has 21 heavy (non-hydrogen) atoms. The van der Waals surface area contributed by atoms with Crippen molar-refractivity contribution in [3.63, 3.8) is 0 Å². The number of unbranched alkanes of at least 4 members (excludes halogenated alkanes) is 5. The zero-order chi connectivity index (χ0) is 16.0. The molecular formula is C16H29NO3S. The van der Waals surface area contributed by atoms with Crippen molar-refractivity contribution in [2.24, 2.45) is 5.92 Å². The van der Waals surface area contributed by atoms with Gasteiger partial charge in [-0.3, -0.25) is 9.54 Å². The Morgan fingerprint density at radius 2 is 1.43 bits per heavy atom. The van der Waals surface area contributed by atoms with Gasteiger partial charge in [0.1, 0.15) is 0 Å². The van der Waals surface area contributed by atoms with Crippen molar-refractivity contribution in [1.82, 2.24) is 4.98 Å². The predicted octanol–water partition coefficient (Wildman–Crippen LogP) is 4.34. The van der Waals surface area contributed by atoms with E-state index in [0.29, 0.717) is 6.42 Å². The maximum Gasteiger partial charge on any atom is 0.264 e. The van der Waals surface area contributed by atoms with Gasteiger partial charge < -0.3 is 0 Å². The summed E-state index contributed by atoms with van der Waals surface area (Å²) in [4.78, 5) is 3.78. The Hall–Kier alpha value is -0.940. The number of aromatic nitrogens is 1. The SMILES string of the molecule is CC(C)CCCCCCCCS(=O)(=O)O.c1ccncc1. The van der Waals surface area contributed by atoms with Crippen molar-refractivity contribution in [3.8, 4) is 0 Å². The largest absolute Gasteiger partial charge is 0.286 e. The van der Waals surface area contributed by atoms with Gasteiger partial charge in [0.05, 0.1) is 5.75 Å². The zero-order valence-electron chi connectivity index (χ0n) is 13.2. The van der Waals surface area contributed by atoms with E-state index in [0.717, 1.165) is 18.8 Å². The normalized spacial score (nSPS) is 11.0. The molecule has 1 rings (SSSR count). The average molecular weight is 315 g/mol. The molecule has 1 aromatic rings. The smallest absolute Gasteiger partial charge is 0.264 e. The van der Waals surface area contributed by atoms with Gasteiger partial charge in [0.25, 0.3) is 10.1 Å². The Kier molecular flexibility index (Phi) is 12.2. The third-order valence-electron chi connectivity index (χ3n) is 3.00. The predicted molar refractivity (Wildman–Crippen MR) is 87.8 cm³/mol. The lowest BCUT2D eigenvalue weighted by Crippen LogP contribution is -2.03. The van der Waals surface area contributed by atoms with Crippen LogP contribution in [0.2, 0.25) is 0 Å². The summed E-state index contributed by atoms with van der Waals surface area (Å²) in [6, 6.07) is 5.72. The van der Waals surface area contributed by atoms with Gasteiger partial charge in [-0.1, -0.05) is 58.4 Å². The summed E-state index contributed by atoms with van der Waals surface area (Å²) in [5, 5.41) is 0. The van der Waals surface area contributed by atoms with Gasteiger partial charge in [0.2, 0.25) is 0 Å². The van der Waals surface area contributed by atoms with E-state index in [2.05, 4.69) is 18.8 Å². The van der Waals surface area contributed by atoms with E-state index in [9.17, 15) is 8.42 Å². The number of nitrogens with zero attached hydrogens (tertiary/aromatic N) is 1. The van der Waals surface area contributed by atoms with E-state index in [4.69, 9.17) is 4.55 Å². The van der Waals surface area contributed by atoms with Crippen molar-refractivity contribution in [1.29, 1.82) is 0 Å². The van der Waals surface area contributed by atoms with Gasteiger partial charge in [-0.25, -0.2) is 0 Å². The molecule has 1 N–H and O–H groups in total. The van der Waals surface area contributed by atoms with Crippen molar-refractivity contribution in [2.45, 2.75) is 58.8 Å². The molecule has 122 valence electrons. The monoisotopic (exact) mass is 315 g/mol. The van der Waals surface area contributed by atoms with Crippen LogP contribution in [-0.4, -0.2) is 23.7 Å². The summed E-state index contributed by atoms with van der Waals surface area (Å²) in [6.07, 6.45) is 11.0. The van der Waals surface area contributed by atoms with E-state index < -0.39 is 10.1 Å². The Morgan fingerprint density at radius 1 is 0.905 bits per heavy atom. The summed E-state index contributed by atoms with van der Waals surface area (Å²) in [7, 11) is -3.73. The molecule has 4 nitrogen and oxygen atoms in total. The molecule has 0 bridgehead atoms. The van der Waals surface area contributed by atoms with Crippen LogP contribution in [0, 0.1) is 5.92 Å². The molecule has 0 spiro atoms. The molecule has 0 saturated carbocycles. The summed E-state index contributed by atoms with van der Waals surface area (Å²) in [6.45, 7) is 4.46. The lowest BCUT2D eigenvalue weighted by molar-refractivity contribution is 0.477. The van der Waals surface area contributed by atoms with E-state index in [1.165, 1.54) is 25.7 Å². The topological polar surface area (TPSA) is 67.3 Å². The van der Waals surface area contributed by atoms with Crippen LogP contribution in [0.1, 0.15) is 58.8 Å². The van der Waals surface area contributed by atoms with Crippen LogP contribution < -0.4 is 0 Å². The molecule has 0 aliphatic carbocycles. The molecule has 1 aromatic heterocycles. The van der Waals surface area contributed by atoms with Crippen LogP contribution >= 0.6 is 0 Å². The second kappa shape index (κ2) is 12.8. The highest BCUT2D eigenvalue weighted by molar-refractivity contribution is 7.85. The van der Waals surface area contributed by atoms with Gasteiger partial charge >= 0.3 is 0 Å². The quantitative estimate of drug-likeness (QED) is 0.543. The van der Waals surface area contributed by atoms with Crippen molar-refractivity contribution in [2.75, 3.05) is 5.75 Å². The summed E-state index contributed by atoms with van der Waals surface area (Å²) >= 11 is 0. The molecule has 0 aliphatic heterocycles. The molecule has 0 radical (unpaired) electrons. The van der Waals surface area contributed by atoms with Crippen LogP contribution in [-0.2, 0) is 10.1 Å². The highest BCUT2D eigenvalue weighted by Gasteiger charge is 2.02. The van der Waals surface area contributed by atoms with Crippen LogP contribution in [0.3, 0.4) is 0 Å². The first-order valence-corrected chi connectivity index (χ1v) is 9.33. The first kappa shape index (κ1) is 20.1. The molecule has 0 saturated heterocycles. The molecule has 0 atom stereocenters. The minimum Gasteiger partial charge on any atom is -0.286 e. The van der Waals surface area contributed by atoms with Gasteiger partial charge in [0.15, 0.2) is 0 Å². The lowest BCUT2D eigenvalue weighted by Gasteiger charge is -2.03. The summed E-state index contributed by atoms with van der Waals surface area (Å²) < 4.78 is 29.3. The first-order chi connectivity index (χ1) is 9.92. The molecule has 0 fully saturated rings. The molecule has 0 aliphatic rings. The Labute approximate surface area is 129 Å². The minimum atomic E-state index is -3.73. The lowest BCUT2D eigenvalue weighted by atomic mass is 10.0. The highest BCUT2D eigenvalue weighted by atomic mass is 32.2. The third kappa shape index (κ3) is 19.1. The van der Waals surface area contributed by atoms with Crippen molar-refractivity contribution >= 4 is 10.1 Å². The number of hydrogen-bond donors (Lipinski definition) is 1. The van der Waals surface area contributed by atoms with Gasteiger partial charge in [-0.15, -0.1) is 0 Å². The Bertz CT molecular complexity index is 392. The second-order valence-electron chi connectivity index (χ2n) is 5.61. The van der Waals surface area contributed by atoms with E-state index in [-0.39, 0.29) is 5.75 Å². The molecule has 0 unspecified atom stereocenters. The van der Waals surface area contributed by atoms with Crippen LogP contribution in [0.15, 0.2) is 30.6 Å². The maximum absolute atomic E-state index is 10.4. The van der Waals surface area contributed by atoms with E-state index in [1.807, 2.05) is 18.2 Å². The minimum absolute atomic E-state index is 0.0843. The number of hydrogen-bond acceptors (Lipinski definition) is 3. The third-order valence-corrected chi connectivity index (χ3v) is 3.80. The fraction of sp³-hybridized carbons (Fsp3) is 0.688.